The van der Waals surface area contributed by atoms with Gasteiger partial charge in [-0.05, 0) is 49.6 Å². The summed E-state index contributed by atoms with van der Waals surface area (Å²) in [6.45, 7) is 6.42. The van der Waals surface area contributed by atoms with Crippen molar-refractivity contribution in [1.29, 1.82) is 5.26 Å². The fourth-order valence-electron chi connectivity index (χ4n) is 3.59. The molecule has 0 unspecified atom stereocenters. The highest BCUT2D eigenvalue weighted by Gasteiger charge is 2.20. The van der Waals surface area contributed by atoms with Gasteiger partial charge in [-0.3, -0.25) is 0 Å². The van der Waals surface area contributed by atoms with Crippen molar-refractivity contribution in [2.24, 2.45) is 5.73 Å². The van der Waals surface area contributed by atoms with Gasteiger partial charge < -0.3 is 15.6 Å². The molecule has 3 N–H and O–H groups in total. The van der Waals surface area contributed by atoms with Crippen LogP contribution in [0.2, 0.25) is 0 Å². The van der Waals surface area contributed by atoms with Crippen LogP contribution >= 0.6 is 0 Å². The number of nitrogens with zero attached hydrogens (tertiary/aromatic N) is 2. The molecule has 0 atom stereocenters. The first-order valence-electron chi connectivity index (χ1n) is 9.20. The molecule has 1 aromatic heterocycles. The van der Waals surface area contributed by atoms with Crippen LogP contribution in [0.5, 0.6) is 0 Å². The van der Waals surface area contributed by atoms with Gasteiger partial charge in [-0.15, -0.1) is 0 Å². The SMILES string of the molecule is CCCc1ccc2c(C#N)c(-c3ccc(NC(N)=O)cc3)n(C(C)C)c2c1. The summed E-state index contributed by atoms with van der Waals surface area (Å²) >= 11 is 0. The van der Waals surface area contributed by atoms with Gasteiger partial charge in [0.25, 0.3) is 0 Å². The van der Waals surface area contributed by atoms with E-state index in [4.69, 9.17) is 5.73 Å². The van der Waals surface area contributed by atoms with Crippen LogP contribution in [0.25, 0.3) is 22.2 Å². The number of amides is 2. The highest BCUT2D eigenvalue weighted by atomic mass is 16.2. The Bertz CT molecular complexity index is 1020. The number of benzene rings is 2. The molecule has 0 fully saturated rings. The molecule has 138 valence electrons. The van der Waals surface area contributed by atoms with Gasteiger partial charge >= 0.3 is 6.03 Å². The fraction of sp³-hybridized carbons (Fsp3) is 0.273. The third-order valence-electron chi connectivity index (χ3n) is 4.66. The van der Waals surface area contributed by atoms with Crippen LogP contribution in [0.15, 0.2) is 42.5 Å². The molecule has 1 heterocycles. The number of hydrogen-bond acceptors (Lipinski definition) is 2. The van der Waals surface area contributed by atoms with Crippen molar-refractivity contribution in [3.8, 4) is 17.3 Å². The van der Waals surface area contributed by atoms with E-state index in [-0.39, 0.29) is 6.04 Å². The molecule has 5 nitrogen and oxygen atoms in total. The minimum Gasteiger partial charge on any atom is -0.351 e. The van der Waals surface area contributed by atoms with Crippen molar-refractivity contribution in [2.75, 3.05) is 5.32 Å². The molecular formula is C22H24N4O. The minimum absolute atomic E-state index is 0.199. The molecule has 0 saturated heterocycles. The Morgan fingerprint density at radius 1 is 1.22 bits per heavy atom. The number of aromatic nitrogens is 1. The summed E-state index contributed by atoms with van der Waals surface area (Å²) in [4.78, 5) is 11.0. The molecule has 2 aromatic carbocycles. The normalized spacial score (nSPS) is 10.9. The third-order valence-corrected chi connectivity index (χ3v) is 4.66. The number of anilines is 1. The number of rotatable bonds is 5. The summed E-state index contributed by atoms with van der Waals surface area (Å²) in [5.41, 5.74) is 10.7. The second-order valence-corrected chi connectivity index (χ2v) is 6.97. The summed E-state index contributed by atoms with van der Waals surface area (Å²) in [5.74, 6) is 0. The first-order chi connectivity index (χ1) is 13.0. The van der Waals surface area contributed by atoms with Crippen molar-refractivity contribution in [1.82, 2.24) is 4.57 Å². The largest absolute Gasteiger partial charge is 0.351 e. The molecule has 3 aromatic rings. The maximum Gasteiger partial charge on any atom is 0.316 e. The molecule has 0 spiro atoms. The lowest BCUT2D eigenvalue weighted by Crippen LogP contribution is -2.19. The van der Waals surface area contributed by atoms with Crippen molar-refractivity contribution in [2.45, 2.75) is 39.7 Å². The molecule has 5 heteroatoms. The number of fused-ring (bicyclic) bond motifs is 1. The van der Waals surface area contributed by atoms with E-state index in [2.05, 4.69) is 54.9 Å². The summed E-state index contributed by atoms with van der Waals surface area (Å²) in [7, 11) is 0. The average molecular weight is 360 g/mol. The lowest BCUT2D eigenvalue weighted by atomic mass is 10.0. The highest BCUT2D eigenvalue weighted by molar-refractivity contribution is 5.95. The van der Waals surface area contributed by atoms with Crippen molar-refractivity contribution >= 4 is 22.6 Å². The summed E-state index contributed by atoms with van der Waals surface area (Å²) in [5, 5.41) is 13.4. The molecule has 27 heavy (non-hydrogen) atoms. The van der Waals surface area contributed by atoms with Gasteiger partial charge in [0.1, 0.15) is 6.07 Å². The topological polar surface area (TPSA) is 83.8 Å². The van der Waals surface area contributed by atoms with Crippen molar-refractivity contribution < 1.29 is 4.79 Å². The zero-order valence-corrected chi connectivity index (χ0v) is 15.9. The summed E-state index contributed by atoms with van der Waals surface area (Å²) in [6.07, 6.45) is 2.10. The molecule has 3 rings (SSSR count). The van der Waals surface area contributed by atoms with E-state index >= 15 is 0 Å². The molecule has 0 aliphatic heterocycles. The van der Waals surface area contributed by atoms with Crippen LogP contribution in [-0.2, 0) is 6.42 Å². The van der Waals surface area contributed by atoms with Gasteiger partial charge in [-0.2, -0.15) is 5.26 Å². The standard InChI is InChI=1S/C22H24N4O/c1-4-5-15-6-11-18-19(13-23)21(26(14(2)3)20(18)12-15)16-7-9-17(10-8-16)25-22(24)27/h6-12,14H,4-5H2,1-3H3,(H3,24,25,27). The number of aryl methyl sites for hydroxylation is 1. The number of carbonyl (C=O) groups is 1. The van der Waals surface area contributed by atoms with Crippen LogP contribution in [0, 0.1) is 11.3 Å². The van der Waals surface area contributed by atoms with E-state index in [9.17, 15) is 10.1 Å². The molecule has 0 radical (unpaired) electrons. The Kier molecular flexibility index (Phi) is 5.18. The first-order valence-corrected chi connectivity index (χ1v) is 9.20. The van der Waals surface area contributed by atoms with Gasteiger partial charge in [0.05, 0.1) is 16.8 Å². The third kappa shape index (κ3) is 3.52. The molecule has 0 bridgehead atoms. The molecule has 0 aliphatic carbocycles. The maximum absolute atomic E-state index is 11.0. The lowest BCUT2D eigenvalue weighted by molar-refractivity contribution is 0.259. The number of nitriles is 1. The number of urea groups is 1. The number of nitrogens with one attached hydrogen (secondary N) is 1. The first kappa shape index (κ1) is 18.5. The second kappa shape index (κ2) is 7.55. The fourth-order valence-corrected chi connectivity index (χ4v) is 3.59. The van der Waals surface area contributed by atoms with Crippen LogP contribution in [-0.4, -0.2) is 10.6 Å². The number of carbonyl (C=O) groups excluding carboxylic acids is 1. The van der Waals surface area contributed by atoms with Gasteiger partial charge in [0.2, 0.25) is 0 Å². The average Bonchev–Trinajstić information content (AvgIpc) is 2.96. The van der Waals surface area contributed by atoms with Crippen molar-refractivity contribution in [3.05, 3.63) is 53.6 Å². The quantitative estimate of drug-likeness (QED) is 0.655. The molecular weight excluding hydrogens is 336 g/mol. The Balaban J connectivity index is 2.23. The smallest absolute Gasteiger partial charge is 0.316 e. The van der Waals surface area contributed by atoms with E-state index in [1.165, 1.54) is 5.56 Å². The van der Waals surface area contributed by atoms with Gasteiger partial charge in [0.15, 0.2) is 0 Å². The predicted octanol–water partition coefficient (Wildman–Crippen LogP) is 5.20. The van der Waals surface area contributed by atoms with E-state index in [1.54, 1.807) is 12.1 Å². The Hall–Kier alpha value is -3.26. The van der Waals surface area contributed by atoms with Crippen LogP contribution < -0.4 is 11.1 Å². The zero-order chi connectivity index (χ0) is 19.6. The Morgan fingerprint density at radius 3 is 2.48 bits per heavy atom. The highest BCUT2D eigenvalue weighted by Crippen LogP contribution is 2.37. The van der Waals surface area contributed by atoms with E-state index < -0.39 is 6.03 Å². The van der Waals surface area contributed by atoms with Gasteiger partial charge in [-0.1, -0.05) is 37.6 Å². The minimum atomic E-state index is -0.597. The van der Waals surface area contributed by atoms with E-state index in [0.29, 0.717) is 11.3 Å². The van der Waals surface area contributed by atoms with Gasteiger partial charge in [-0.25, -0.2) is 4.79 Å². The second-order valence-electron chi connectivity index (χ2n) is 6.97. The number of hydrogen-bond donors (Lipinski definition) is 2. The predicted molar refractivity (Wildman–Crippen MR) is 110 cm³/mol. The van der Waals surface area contributed by atoms with Gasteiger partial charge in [0, 0.05) is 17.1 Å². The molecule has 2 amide bonds. The zero-order valence-electron chi connectivity index (χ0n) is 15.9. The lowest BCUT2D eigenvalue weighted by Gasteiger charge is -2.16. The van der Waals surface area contributed by atoms with E-state index in [0.717, 1.165) is 35.0 Å². The summed E-state index contributed by atoms with van der Waals surface area (Å²) < 4.78 is 2.23. The number of primary amides is 1. The van der Waals surface area contributed by atoms with Crippen LogP contribution in [0.3, 0.4) is 0 Å². The molecule has 0 aliphatic rings. The Labute approximate surface area is 159 Å². The monoisotopic (exact) mass is 360 g/mol. The van der Waals surface area contributed by atoms with Crippen LogP contribution in [0.4, 0.5) is 10.5 Å². The maximum atomic E-state index is 11.0. The van der Waals surface area contributed by atoms with Crippen LogP contribution in [0.1, 0.15) is 44.4 Å². The number of nitrogens with two attached hydrogens (primary N) is 1. The summed E-state index contributed by atoms with van der Waals surface area (Å²) in [6, 6.07) is 15.8. The Morgan fingerprint density at radius 2 is 1.93 bits per heavy atom. The molecule has 0 saturated carbocycles. The van der Waals surface area contributed by atoms with E-state index in [1.807, 2.05) is 12.1 Å². The van der Waals surface area contributed by atoms with Crippen molar-refractivity contribution in [3.63, 3.8) is 0 Å².